The van der Waals surface area contributed by atoms with Gasteiger partial charge in [-0.15, -0.1) is 0 Å². The molecule has 0 aliphatic rings. The quantitative estimate of drug-likeness (QED) is 0.681. The number of ether oxygens (including phenoxy) is 1. The number of esters is 1. The number of phenolic OH excluding ortho intramolecular Hbond substituents is 1. The number of alkyl halides is 3. The number of halogens is 3. The van der Waals surface area contributed by atoms with E-state index in [2.05, 4.69) is 4.74 Å². The summed E-state index contributed by atoms with van der Waals surface area (Å²) < 4.78 is 41.4. The van der Waals surface area contributed by atoms with Crippen molar-refractivity contribution in [1.29, 1.82) is 0 Å². The number of hydrogen-bond acceptors (Lipinski definition) is 3. The molecule has 0 aromatic heterocycles. The van der Waals surface area contributed by atoms with Gasteiger partial charge in [-0.05, 0) is 0 Å². The number of phenols is 1. The van der Waals surface area contributed by atoms with Crippen LogP contribution in [0.25, 0.3) is 0 Å². The SMILES string of the molecule is COC(=O)C(Cc1ccc(O)cc1)[Se]C(F)(F)F. The van der Waals surface area contributed by atoms with Crippen molar-refractivity contribution in [3.63, 3.8) is 0 Å². The Hall–Kier alpha value is -1.20. The summed E-state index contributed by atoms with van der Waals surface area (Å²) in [7, 11) is 1.07. The molecule has 7 heteroatoms. The molecule has 1 N–H and O–H groups in total. The van der Waals surface area contributed by atoms with Crippen LogP contribution in [0.5, 0.6) is 5.75 Å². The monoisotopic (exact) mass is 328 g/mol. The van der Waals surface area contributed by atoms with E-state index in [1.165, 1.54) is 24.3 Å². The minimum atomic E-state index is -4.36. The average Bonchev–Trinajstić information content (AvgIpc) is 2.28. The second-order valence-electron chi connectivity index (χ2n) is 3.45. The van der Waals surface area contributed by atoms with E-state index in [9.17, 15) is 18.0 Å². The Balaban J connectivity index is 2.78. The minimum absolute atomic E-state index is 0.0229. The van der Waals surface area contributed by atoms with Gasteiger partial charge in [0, 0.05) is 0 Å². The molecule has 1 aromatic carbocycles. The van der Waals surface area contributed by atoms with Gasteiger partial charge in [0.15, 0.2) is 0 Å². The van der Waals surface area contributed by atoms with Crippen molar-refractivity contribution < 1.29 is 27.8 Å². The molecular weight excluding hydrogens is 316 g/mol. The fourth-order valence-electron chi connectivity index (χ4n) is 1.31. The van der Waals surface area contributed by atoms with E-state index in [0.717, 1.165) is 7.11 Å². The fourth-order valence-corrected chi connectivity index (χ4v) is 2.97. The van der Waals surface area contributed by atoms with Crippen molar-refractivity contribution in [2.45, 2.75) is 16.3 Å². The first-order valence-corrected chi connectivity index (χ1v) is 6.76. The number of methoxy groups -OCH3 is 1. The second-order valence-corrected chi connectivity index (χ2v) is 6.11. The summed E-state index contributed by atoms with van der Waals surface area (Å²) in [5.41, 5.74) is 0.550. The van der Waals surface area contributed by atoms with Gasteiger partial charge in [0.25, 0.3) is 0 Å². The van der Waals surface area contributed by atoms with Crippen LogP contribution in [0, 0.1) is 0 Å². The third-order valence-electron chi connectivity index (χ3n) is 2.10. The number of benzene rings is 1. The summed E-state index contributed by atoms with van der Waals surface area (Å²) >= 11 is -1.84. The molecular formula is C11H11F3O3Se. The third kappa shape index (κ3) is 4.98. The van der Waals surface area contributed by atoms with E-state index in [0.29, 0.717) is 5.56 Å². The zero-order valence-electron chi connectivity index (χ0n) is 9.40. The fraction of sp³-hybridized carbons (Fsp3) is 0.364. The Morgan fingerprint density at radius 3 is 2.39 bits per heavy atom. The van der Waals surface area contributed by atoms with Crippen molar-refractivity contribution in [2.75, 3.05) is 7.11 Å². The zero-order chi connectivity index (χ0) is 13.8. The summed E-state index contributed by atoms with van der Waals surface area (Å²) in [6, 6.07) is 5.70. The number of carbonyl (C=O) groups is 1. The van der Waals surface area contributed by atoms with Crippen LogP contribution in [0.1, 0.15) is 5.56 Å². The number of hydrogen-bond donors (Lipinski definition) is 1. The van der Waals surface area contributed by atoms with Crippen molar-refractivity contribution in [3.05, 3.63) is 29.8 Å². The van der Waals surface area contributed by atoms with Gasteiger partial charge in [0.1, 0.15) is 0 Å². The maximum absolute atomic E-state index is 12.3. The van der Waals surface area contributed by atoms with E-state index in [1.54, 1.807) is 0 Å². The standard InChI is InChI=1S/C11H11F3O3Se/c1-17-10(16)9(18-11(12,13)14)6-7-2-4-8(15)5-3-7/h2-5,9,15H,6H2,1H3. The molecule has 0 aliphatic carbocycles. The van der Waals surface area contributed by atoms with Crippen LogP contribution in [0.2, 0.25) is 4.82 Å². The normalized spacial score (nSPS) is 13.1. The van der Waals surface area contributed by atoms with E-state index in [-0.39, 0.29) is 12.2 Å². The molecule has 1 aromatic rings. The summed E-state index contributed by atoms with van der Waals surface area (Å²) in [6.45, 7) is 0. The maximum atomic E-state index is 12.3. The molecule has 1 unspecified atom stereocenters. The van der Waals surface area contributed by atoms with Crippen molar-refractivity contribution in [1.82, 2.24) is 0 Å². The van der Waals surface area contributed by atoms with Gasteiger partial charge in [-0.2, -0.15) is 0 Å². The Kier molecular flexibility index (Phi) is 5.04. The average molecular weight is 327 g/mol. The molecule has 0 bridgehead atoms. The molecule has 18 heavy (non-hydrogen) atoms. The van der Waals surface area contributed by atoms with Gasteiger partial charge >= 0.3 is 108 Å². The molecule has 100 valence electrons. The third-order valence-corrected chi connectivity index (χ3v) is 4.01. The first-order valence-electron chi connectivity index (χ1n) is 4.92. The summed E-state index contributed by atoms with van der Waals surface area (Å²) in [6.07, 6.45) is -0.0491. The molecule has 0 saturated carbocycles. The van der Waals surface area contributed by atoms with Gasteiger partial charge in [-0.3, -0.25) is 0 Å². The Bertz CT molecular complexity index is 403. The van der Waals surface area contributed by atoms with Gasteiger partial charge in [-0.25, -0.2) is 0 Å². The van der Waals surface area contributed by atoms with E-state index in [4.69, 9.17) is 5.11 Å². The zero-order valence-corrected chi connectivity index (χ0v) is 11.1. The molecule has 0 saturated heterocycles. The molecule has 1 atom stereocenters. The van der Waals surface area contributed by atoms with Gasteiger partial charge in [0.2, 0.25) is 0 Å². The summed E-state index contributed by atoms with van der Waals surface area (Å²) in [5, 5.41) is 4.71. The Labute approximate surface area is 108 Å². The molecule has 0 heterocycles. The molecule has 3 nitrogen and oxygen atoms in total. The van der Waals surface area contributed by atoms with Gasteiger partial charge in [0.05, 0.1) is 0 Å². The number of carbonyl (C=O) groups excluding carboxylic acids is 1. The molecule has 0 amide bonds. The van der Waals surface area contributed by atoms with E-state index < -0.39 is 30.8 Å². The van der Waals surface area contributed by atoms with Crippen LogP contribution >= 0.6 is 0 Å². The Morgan fingerprint density at radius 2 is 1.94 bits per heavy atom. The molecule has 1 rings (SSSR count). The van der Waals surface area contributed by atoms with Crippen LogP contribution in [0.3, 0.4) is 0 Å². The van der Waals surface area contributed by atoms with Gasteiger partial charge < -0.3 is 0 Å². The first-order chi connectivity index (χ1) is 8.31. The van der Waals surface area contributed by atoms with Crippen LogP contribution < -0.4 is 0 Å². The predicted molar refractivity (Wildman–Crippen MR) is 59.4 cm³/mol. The van der Waals surface area contributed by atoms with Crippen LogP contribution in [0.4, 0.5) is 13.2 Å². The van der Waals surface area contributed by atoms with E-state index >= 15 is 0 Å². The topological polar surface area (TPSA) is 46.5 Å². The van der Waals surface area contributed by atoms with Crippen LogP contribution in [-0.4, -0.2) is 38.2 Å². The second kappa shape index (κ2) is 6.11. The molecule has 0 fully saturated rings. The molecule has 0 spiro atoms. The Morgan fingerprint density at radius 1 is 1.39 bits per heavy atom. The van der Waals surface area contributed by atoms with Gasteiger partial charge in [-0.1, -0.05) is 0 Å². The first kappa shape index (κ1) is 14.9. The van der Waals surface area contributed by atoms with Crippen LogP contribution in [-0.2, 0) is 16.0 Å². The predicted octanol–water partition coefficient (Wildman–Crippen LogP) is 2.12. The molecule has 0 radical (unpaired) electrons. The van der Waals surface area contributed by atoms with Crippen molar-refractivity contribution in [3.8, 4) is 5.75 Å². The molecule has 0 aliphatic heterocycles. The van der Waals surface area contributed by atoms with Crippen molar-refractivity contribution in [2.24, 2.45) is 0 Å². The van der Waals surface area contributed by atoms with E-state index in [1.807, 2.05) is 0 Å². The summed E-state index contributed by atoms with van der Waals surface area (Å²) in [5.74, 6) is -0.838. The number of rotatable bonds is 4. The van der Waals surface area contributed by atoms with Crippen LogP contribution in [0.15, 0.2) is 24.3 Å². The van der Waals surface area contributed by atoms with Crippen molar-refractivity contribution >= 4 is 20.9 Å². The summed E-state index contributed by atoms with van der Waals surface area (Å²) in [4.78, 5) is 10.1. The number of aromatic hydroxyl groups is 1.